The van der Waals surface area contributed by atoms with Crippen LogP contribution in [0.1, 0.15) is 39.5 Å². The zero-order valence-corrected chi connectivity index (χ0v) is 12.8. The summed E-state index contributed by atoms with van der Waals surface area (Å²) < 4.78 is 5.99. The van der Waals surface area contributed by atoms with E-state index in [1.807, 2.05) is 0 Å². The summed E-state index contributed by atoms with van der Waals surface area (Å²) in [5.41, 5.74) is 7.21. The number of ether oxygens (including phenoxy) is 1. The lowest BCUT2D eigenvalue weighted by atomic mass is 10.1. The monoisotopic (exact) mass is 276 g/mol. The highest BCUT2D eigenvalue weighted by molar-refractivity contribution is 5.58. The number of nitrogens with zero attached hydrogens (tertiary/aromatic N) is 1. The third-order valence-electron chi connectivity index (χ3n) is 3.93. The van der Waals surface area contributed by atoms with Crippen molar-refractivity contribution >= 4 is 5.69 Å². The minimum Gasteiger partial charge on any atom is -0.491 e. The highest BCUT2D eigenvalue weighted by Gasteiger charge is 2.18. The van der Waals surface area contributed by atoms with E-state index >= 15 is 0 Å². The molecule has 0 spiro atoms. The van der Waals surface area contributed by atoms with Gasteiger partial charge < -0.3 is 15.4 Å². The van der Waals surface area contributed by atoms with Crippen LogP contribution in [0.2, 0.25) is 0 Å². The molecule has 1 heterocycles. The molecule has 0 bridgehead atoms. The highest BCUT2D eigenvalue weighted by Crippen LogP contribution is 2.30. The van der Waals surface area contributed by atoms with Crippen LogP contribution in [0.15, 0.2) is 24.3 Å². The molecule has 3 nitrogen and oxygen atoms in total. The van der Waals surface area contributed by atoms with Crippen molar-refractivity contribution in [3.63, 3.8) is 0 Å². The van der Waals surface area contributed by atoms with Crippen molar-refractivity contribution in [2.24, 2.45) is 11.7 Å². The zero-order valence-electron chi connectivity index (χ0n) is 12.8. The topological polar surface area (TPSA) is 38.5 Å². The molecule has 112 valence electrons. The Morgan fingerprint density at radius 2 is 1.95 bits per heavy atom. The molecule has 2 N–H and O–H groups in total. The van der Waals surface area contributed by atoms with Gasteiger partial charge in [0.15, 0.2) is 0 Å². The Morgan fingerprint density at radius 1 is 1.25 bits per heavy atom. The van der Waals surface area contributed by atoms with E-state index in [9.17, 15) is 0 Å². The number of piperidine rings is 1. The second-order valence-corrected chi connectivity index (χ2v) is 6.18. The van der Waals surface area contributed by atoms with Gasteiger partial charge in [-0.1, -0.05) is 26.0 Å². The summed E-state index contributed by atoms with van der Waals surface area (Å²) in [6.07, 6.45) is 4.49. The summed E-state index contributed by atoms with van der Waals surface area (Å²) in [5.74, 6) is 1.77. The van der Waals surface area contributed by atoms with Gasteiger partial charge in [0, 0.05) is 19.1 Å². The van der Waals surface area contributed by atoms with E-state index in [1.165, 1.54) is 12.1 Å². The van der Waals surface area contributed by atoms with Gasteiger partial charge in [0.1, 0.15) is 5.75 Å². The van der Waals surface area contributed by atoms with Gasteiger partial charge in [-0.3, -0.25) is 0 Å². The molecule has 1 saturated heterocycles. The summed E-state index contributed by atoms with van der Waals surface area (Å²) >= 11 is 0. The summed E-state index contributed by atoms with van der Waals surface area (Å²) in [5, 5.41) is 0. The molecule has 2 rings (SSSR count). The van der Waals surface area contributed by atoms with E-state index in [1.54, 1.807) is 0 Å². The molecular weight excluding hydrogens is 248 g/mol. The minimum atomic E-state index is 0.366. The number of benzene rings is 1. The first-order valence-corrected chi connectivity index (χ1v) is 7.89. The van der Waals surface area contributed by atoms with Gasteiger partial charge in [-0.05, 0) is 43.7 Å². The Balaban J connectivity index is 1.92. The summed E-state index contributed by atoms with van der Waals surface area (Å²) in [6, 6.07) is 8.75. The molecule has 1 aromatic carbocycles. The predicted octanol–water partition coefficient (Wildman–Crippen LogP) is 3.43. The second kappa shape index (κ2) is 7.53. The van der Waals surface area contributed by atoms with Crippen LogP contribution in [0, 0.1) is 5.92 Å². The van der Waals surface area contributed by atoms with E-state index in [0.717, 1.165) is 50.6 Å². The number of para-hydroxylation sites is 2. The van der Waals surface area contributed by atoms with Crippen LogP contribution in [0.5, 0.6) is 5.75 Å². The van der Waals surface area contributed by atoms with Crippen molar-refractivity contribution in [1.82, 2.24) is 0 Å². The quantitative estimate of drug-likeness (QED) is 0.809. The standard InChI is InChI=1S/C17H28N2O/c1-14(2)6-5-13-20-17-8-4-3-7-16(17)19-11-9-15(18)10-12-19/h3-4,7-8,14-15H,5-6,9-13,18H2,1-2H3. The lowest BCUT2D eigenvalue weighted by Crippen LogP contribution is -2.39. The van der Waals surface area contributed by atoms with Crippen LogP contribution in [-0.2, 0) is 0 Å². The van der Waals surface area contributed by atoms with Crippen LogP contribution < -0.4 is 15.4 Å². The molecule has 3 heteroatoms. The summed E-state index contributed by atoms with van der Waals surface area (Å²) in [6.45, 7) is 7.39. The molecule has 1 aliphatic heterocycles. The van der Waals surface area contributed by atoms with Gasteiger partial charge in [-0.15, -0.1) is 0 Å². The zero-order chi connectivity index (χ0) is 14.4. The highest BCUT2D eigenvalue weighted by atomic mass is 16.5. The number of nitrogens with two attached hydrogens (primary N) is 1. The fourth-order valence-corrected chi connectivity index (χ4v) is 2.65. The van der Waals surface area contributed by atoms with Gasteiger partial charge in [-0.25, -0.2) is 0 Å². The lowest BCUT2D eigenvalue weighted by molar-refractivity contribution is 0.297. The average Bonchev–Trinajstić information content (AvgIpc) is 2.45. The van der Waals surface area contributed by atoms with Crippen LogP contribution in [0.3, 0.4) is 0 Å². The summed E-state index contributed by atoms with van der Waals surface area (Å²) in [7, 11) is 0. The van der Waals surface area contributed by atoms with Crippen molar-refractivity contribution in [2.45, 2.75) is 45.6 Å². The van der Waals surface area contributed by atoms with Gasteiger partial charge in [0.05, 0.1) is 12.3 Å². The normalized spacial score (nSPS) is 16.7. The van der Waals surface area contributed by atoms with Gasteiger partial charge in [0.25, 0.3) is 0 Å². The number of anilines is 1. The van der Waals surface area contributed by atoms with Crippen LogP contribution in [0.4, 0.5) is 5.69 Å². The molecule has 20 heavy (non-hydrogen) atoms. The van der Waals surface area contributed by atoms with Crippen molar-refractivity contribution in [2.75, 3.05) is 24.6 Å². The number of rotatable bonds is 6. The Bertz CT molecular complexity index is 398. The molecule has 0 unspecified atom stereocenters. The van der Waals surface area contributed by atoms with Crippen molar-refractivity contribution in [3.8, 4) is 5.75 Å². The molecule has 0 saturated carbocycles. The van der Waals surface area contributed by atoms with Crippen molar-refractivity contribution < 1.29 is 4.74 Å². The number of hydrogen-bond donors (Lipinski definition) is 1. The number of hydrogen-bond acceptors (Lipinski definition) is 3. The Kier molecular flexibility index (Phi) is 5.72. The maximum atomic E-state index is 5.99. The lowest BCUT2D eigenvalue weighted by Gasteiger charge is -2.33. The predicted molar refractivity (Wildman–Crippen MR) is 85.4 cm³/mol. The van der Waals surface area contributed by atoms with Crippen molar-refractivity contribution in [1.29, 1.82) is 0 Å². The summed E-state index contributed by atoms with van der Waals surface area (Å²) in [4.78, 5) is 2.40. The molecular formula is C17H28N2O. The third kappa shape index (κ3) is 4.41. The van der Waals surface area contributed by atoms with E-state index in [-0.39, 0.29) is 0 Å². The van der Waals surface area contributed by atoms with Crippen molar-refractivity contribution in [3.05, 3.63) is 24.3 Å². The maximum absolute atomic E-state index is 5.99. The van der Waals surface area contributed by atoms with E-state index in [2.05, 4.69) is 43.0 Å². The Hall–Kier alpha value is -1.22. The first-order valence-electron chi connectivity index (χ1n) is 7.89. The molecule has 0 aromatic heterocycles. The molecule has 1 aromatic rings. The molecule has 0 atom stereocenters. The average molecular weight is 276 g/mol. The largest absolute Gasteiger partial charge is 0.491 e. The van der Waals surface area contributed by atoms with Gasteiger partial charge >= 0.3 is 0 Å². The fourth-order valence-electron chi connectivity index (χ4n) is 2.65. The van der Waals surface area contributed by atoms with Gasteiger partial charge in [-0.2, -0.15) is 0 Å². The maximum Gasteiger partial charge on any atom is 0.142 e. The van der Waals surface area contributed by atoms with E-state index in [4.69, 9.17) is 10.5 Å². The van der Waals surface area contributed by atoms with Crippen LogP contribution in [0.25, 0.3) is 0 Å². The second-order valence-electron chi connectivity index (χ2n) is 6.18. The Morgan fingerprint density at radius 3 is 2.65 bits per heavy atom. The Labute approximate surface area is 123 Å². The van der Waals surface area contributed by atoms with E-state index < -0.39 is 0 Å². The first kappa shape index (κ1) is 15.2. The van der Waals surface area contributed by atoms with Crippen LogP contribution >= 0.6 is 0 Å². The van der Waals surface area contributed by atoms with E-state index in [0.29, 0.717) is 6.04 Å². The van der Waals surface area contributed by atoms with Crippen LogP contribution in [-0.4, -0.2) is 25.7 Å². The third-order valence-corrected chi connectivity index (χ3v) is 3.93. The minimum absolute atomic E-state index is 0.366. The molecule has 1 aliphatic rings. The first-order chi connectivity index (χ1) is 9.66. The molecule has 0 amide bonds. The SMILES string of the molecule is CC(C)CCCOc1ccccc1N1CCC(N)CC1. The molecule has 0 aliphatic carbocycles. The molecule has 0 radical (unpaired) electrons. The molecule has 1 fully saturated rings. The smallest absolute Gasteiger partial charge is 0.142 e. The fraction of sp³-hybridized carbons (Fsp3) is 0.647. The van der Waals surface area contributed by atoms with Gasteiger partial charge in [0.2, 0.25) is 0 Å².